The van der Waals surface area contributed by atoms with Gasteiger partial charge in [-0.1, -0.05) is 78.1 Å². The van der Waals surface area contributed by atoms with Gasteiger partial charge in [-0.2, -0.15) is 0 Å². The van der Waals surface area contributed by atoms with E-state index in [4.69, 9.17) is 34.8 Å². The molecule has 2 unspecified atom stereocenters. The summed E-state index contributed by atoms with van der Waals surface area (Å²) >= 11 is 19.3. The molecule has 8 heteroatoms. The second kappa shape index (κ2) is 12.4. The van der Waals surface area contributed by atoms with Crippen LogP contribution in [0.25, 0.3) is 5.70 Å². The first kappa shape index (κ1) is 26.2. The number of carbonyl (C=O) groups is 1. The van der Waals surface area contributed by atoms with Crippen LogP contribution in [0.5, 0.6) is 0 Å². The molecule has 35 heavy (non-hydrogen) atoms. The summed E-state index contributed by atoms with van der Waals surface area (Å²) in [4.78, 5) is 19.8. The van der Waals surface area contributed by atoms with E-state index in [9.17, 15) is 4.79 Å². The quantitative estimate of drug-likeness (QED) is 0.259. The number of rotatable bonds is 9. The molecule has 0 saturated carbocycles. The number of piperazine rings is 1. The van der Waals surface area contributed by atoms with Gasteiger partial charge in [0.1, 0.15) is 5.50 Å². The van der Waals surface area contributed by atoms with Crippen molar-refractivity contribution in [2.75, 3.05) is 50.7 Å². The van der Waals surface area contributed by atoms with Gasteiger partial charge in [0.25, 0.3) is 0 Å². The summed E-state index contributed by atoms with van der Waals surface area (Å²) in [5.74, 6) is -0.359. The van der Waals surface area contributed by atoms with E-state index >= 15 is 0 Å². The Labute approximate surface area is 223 Å². The maximum atomic E-state index is 13.0. The van der Waals surface area contributed by atoms with Crippen LogP contribution >= 0.6 is 34.8 Å². The molecular formula is C27H33Cl3N4O. The molecule has 2 heterocycles. The van der Waals surface area contributed by atoms with Gasteiger partial charge < -0.3 is 15.1 Å². The number of nitrogens with one attached hydrogen (secondary N) is 1. The molecular weight excluding hydrogens is 503 g/mol. The summed E-state index contributed by atoms with van der Waals surface area (Å²) in [6.45, 7) is 8.26. The molecule has 2 aromatic rings. The van der Waals surface area contributed by atoms with E-state index in [1.807, 2.05) is 42.5 Å². The van der Waals surface area contributed by atoms with Crippen molar-refractivity contribution >= 4 is 52.1 Å². The second-order valence-electron chi connectivity index (χ2n) is 9.06. The molecule has 1 fully saturated rings. The highest BCUT2D eigenvalue weighted by atomic mass is 35.5. The van der Waals surface area contributed by atoms with Gasteiger partial charge in [-0.3, -0.25) is 9.69 Å². The molecule has 2 atom stereocenters. The lowest BCUT2D eigenvalue weighted by atomic mass is 10.1. The number of hydrogen-bond donors (Lipinski definition) is 1. The molecule has 1 N–H and O–H groups in total. The van der Waals surface area contributed by atoms with Crippen LogP contribution in [0, 0.1) is 5.92 Å². The summed E-state index contributed by atoms with van der Waals surface area (Å²) in [6, 6.07) is 15.9. The van der Waals surface area contributed by atoms with Crippen LogP contribution in [-0.4, -0.2) is 67.0 Å². The van der Waals surface area contributed by atoms with Gasteiger partial charge in [0.15, 0.2) is 0 Å². The predicted molar refractivity (Wildman–Crippen MR) is 147 cm³/mol. The number of nitrogens with zero attached hydrogens (tertiary/aromatic N) is 3. The van der Waals surface area contributed by atoms with Gasteiger partial charge in [-0.15, -0.1) is 0 Å². The highest BCUT2D eigenvalue weighted by Gasteiger charge is 2.37. The number of alkyl halides is 1. The molecule has 2 aromatic carbocycles. The van der Waals surface area contributed by atoms with Crippen molar-refractivity contribution in [3.8, 4) is 0 Å². The van der Waals surface area contributed by atoms with Crippen LogP contribution in [0.1, 0.15) is 25.3 Å². The molecule has 5 nitrogen and oxygen atoms in total. The molecule has 4 rings (SSSR count). The van der Waals surface area contributed by atoms with E-state index in [2.05, 4.69) is 39.1 Å². The summed E-state index contributed by atoms with van der Waals surface area (Å²) in [7, 11) is 0. The molecule has 1 saturated heterocycles. The Morgan fingerprint density at radius 3 is 2.46 bits per heavy atom. The smallest absolute Gasteiger partial charge is 0.230 e. The predicted octanol–water partition coefficient (Wildman–Crippen LogP) is 5.57. The number of anilines is 1. The van der Waals surface area contributed by atoms with Crippen LogP contribution in [0.4, 0.5) is 5.69 Å². The highest BCUT2D eigenvalue weighted by Crippen LogP contribution is 2.36. The third-order valence-electron chi connectivity index (χ3n) is 6.67. The first-order valence-corrected chi connectivity index (χ1v) is 13.6. The Kier molecular flexibility index (Phi) is 9.23. The fourth-order valence-electron chi connectivity index (χ4n) is 4.81. The summed E-state index contributed by atoms with van der Waals surface area (Å²) in [5, 5.41) is 4.33. The molecule has 1 amide bonds. The highest BCUT2D eigenvalue weighted by molar-refractivity contribution is 6.43. The lowest BCUT2D eigenvalue weighted by Gasteiger charge is -2.36. The Morgan fingerprint density at radius 2 is 1.74 bits per heavy atom. The zero-order valence-corrected chi connectivity index (χ0v) is 22.4. The van der Waals surface area contributed by atoms with Gasteiger partial charge >= 0.3 is 0 Å². The molecule has 0 aliphatic carbocycles. The van der Waals surface area contributed by atoms with E-state index in [0.717, 1.165) is 69.1 Å². The van der Waals surface area contributed by atoms with Crippen LogP contribution < -0.4 is 10.2 Å². The molecule has 0 bridgehead atoms. The maximum Gasteiger partial charge on any atom is 0.230 e. The number of carbonyl (C=O) groups excluding carboxylic acids is 1. The molecule has 0 aromatic heterocycles. The number of benzene rings is 2. The van der Waals surface area contributed by atoms with Gasteiger partial charge in [-0.25, -0.2) is 0 Å². The summed E-state index contributed by atoms with van der Waals surface area (Å²) in [5.41, 5.74) is 2.78. The minimum absolute atomic E-state index is 0.00236. The molecule has 188 valence electrons. The Hall–Kier alpha value is -1.92. The van der Waals surface area contributed by atoms with E-state index in [0.29, 0.717) is 16.6 Å². The minimum Gasteiger partial charge on any atom is -0.368 e. The van der Waals surface area contributed by atoms with Crippen LogP contribution in [0.3, 0.4) is 0 Å². The van der Waals surface area contributed by atoms with Crippen molar-refractivity contribution in [1.29, 1.82) is 0 Å². The second-order valence-corrected chi connectivity index (χ2v) is 10.3. The lowest BCUT2D eigenvalue weighted by Crippen LogP contribution is -2.47. The largest absolute Gasteiger partial charge is 0.368 e. The Balaban J connectivity index is 1.24. The fourth-order valence-corrected chi connectivity index (χ4v) is 5.61. The van der Waals surface area contributed by atoms with E-state index in [1.54, 1.807) is 0 Å². The SMILES string of the molecule is CCCN1C(c2ccccc2)=CC(C(=O)NCCCN2CCN(c3cccc(Cl)c3Cl)CC2)C1Cl. The first-order valence-electron chi connectivity index (χ1n) is 12.4. The minimum atomic E-state index is -0.364. The first-order chi connectivity index (χ1) is 17.0. The van der Waals surface area contributed by atoms with Crippen molar-refractivity contribution in [2.24, 2.45) is 5.92 Å². The van der Waals surface area contributed by atoms with Crippen molar-refractivity contribution < 1.29 is 4.79 Å². The molecule has 0 radical (unpaired) electrons. The molecule has 2 aliphatic rings. The normalized spacial score (nSPS) is 20.7. The summed E-state index contributed by atoms with van der Waals surface area (Å²) in [6.07, 6.45) is 3.90. The Morgan fingerprint density at radius 1 is 1.00 bits per heavy atom. The van der Waals surface area contributed by atoms with E-state index in [1.165, 1.54) is 0 Å². The number of halogens is 3. The maximum absolute atomic E-state index is 13.0. The van der Waals surface area contributed by atoms with Crippen LogP contribution in [0.2, 0.25) is 10.0 Å². The van der Waals surface area contributed by atoms with Crippen molar-refractivity contribution in [3.63, 3.8) is 0 Å². The van der Waals surface area contributed by atoms with Gasteiger partial charge in [-0.05, 0) is 43.2 Å². The standard InChI is InChI=1S/C27H33Cl3N4O/c1-2-13-34-24(20-8-4-3-5-9-20)19-21(26(34)30)27(35)31-12-7-14-32-15-17-33(18-16-32)23-11-6-10-22(28)25(23)29/h3-6,8-11,19,21,26H,2,7,12-18H2,1H3,(H,31,35). The lowest BCUT2D eigenvalue weighted by molar-refractivity contribution is -0.124. The zero-order valence-electron chi connectivity index (χ0n) is 20.1. The van der Waals surface area contributed by atoms with Crippen molar-refractivity contribution in [1.82, 2.24) is 15.1 Å². The van der Waals surface area contributed by atoms with Gasteiger partial charge in [0.05, 0.1) is 21.7 Å². The zero-order chi connectivity index (χ0) is 24.8. The third kappa shape index (κ3) is 6.26. The van der Waals surface area contributed by atoms with Crippen LogP contribution in [0.15, 0.2) is 54.6 Å². The molecule has 0 spiro atoms. The van der Waals surface area contributed by atoms with Crippen LogP contribution in [-0.2, 0) is 4.79 Å². The van der Waals surface area contributed by atoms with Gasteiger partial charge in [0.2, 0.25) is 5.91 Å². The average molecular weight is 536 g/mol. The van der Waals surface area contributed by atoms with Crippen molar-refractivity contribution in [2.45, 2.75) is 25.3 Å². The fraction of sp³-hybridized carbons (Fsp3) is 0.444. The van der Waals surface area contributed by atoms with E-state index in [-0.39, 0.29) is 17.3 Å². The number of hydrogen-bond acceptors (Lipinski definition) is 4. The van der Waals surface area contributed by atoms with Gasteiger partial charge in [0, 0.05) is 45.0 Å². The average Bonchev–Trinajstić information content (AvgIpc) is 3.21. The molecule has 2 aliphatic heterocycles. The van der Waals surface area contributed by atoms with E-state index < -0.39 is 0 Å². The monoisotopic (exact) mass is 534 g/mol. The topological polar surface area (TPSA) is 38.8 Å². The van der Waals surface area contributed by atoms with Crippen molar-refractivity contribution in [3.05, 3.63) is 70.2 Å². The Bertz CT molecular complexity index is 1020. The third-order valence-corrected chi connectivity index (χ3v) is 7.99. The number of amides is 1. The summed E-state index contributed by atoms with van der Waals surface area (Å²) < 4.78 is 0.